The van der Waals surface area contributed by atoms with E-state index < -0.39 is 0 Å². The third-order valence-corrected chi connectivity index (χ3v) is 2.96. The molecule has 0 unspecified atom stereocenters. The minimum atomic E-state index is -0.387. The van der Waals surface area contributed by atoms with E-state index in [0.29, 0.717) is 12.8 Å². The number of hydrogen-bond acceptors (Lipinski definition) is 2. The Bertz CT molecular complexity index is 468. The zero-order valence-corrected chi connectivity index (χ0v) is 10.0. The predicted octanol–water partition coefficient (Wildman–Crippen LogP) is 1.52. The van der Waals surface area contributed by atoms with Gasteiger partial charge in [-0.2, -0.15) is 0 Å². The van der Waals surface area contributed by atoms with Crippen LogP contribution < -0.4 is 10.6 Å². The number of carbonyl (C=O) groups excluding carboxylic acids is 2. The topological polar surface area (TPSA) is 58.2 Å². The summed E-state index contributed by atoms with van der Waals surface area (Å²) >= 11 is 0. The summed E-state index contributed by atoms with van der Waals surface area (Å²) in [7, 11) is 0. The summed E-state index contributed by atoms with van der Waals surface area (Å²) in [5.41, 5.74) is 2.94. The number of amides is 2. The van der Waals surface area contributed by atoms with Crippen LogP contribution in [0.2, 0.25) is 0 Å². The van der Waals surface area contributed by atoms with Crippen LogP contribution in [0.4, 0.5) is 5.69 Å². The maximum atomic E-state index is 11.9. The van der Waals surface area contributed by atoms with Gasteiger partial charge in [-0.3, -0.25) is 9.59 Å². The van der Waals surface area contributed by atoms with Gasteiger partial charge in [-0.15, -0.1) is 0 Å². The molecule has 0 saturated carbocycles. The second-order valence-electron chi connectivity index (χ2n) is 4.47. The predicted molar refractivity (Wildman–Crippen MR) is 65.7 cm³/mol. The largest absolute Gasteiger partial charge is 0.344 e. The van der Waals surface area contributed by atoms with Gasteiger partial charge >= 0.3 is 0 Å². The van der Waals surface area contributed by atoms with Crippen molar-refractivity contribution in [3.8, 4) is 0 Å². The Balaban J connectivity index is 2.07. The smallest absolute Gasteiger partial charge is 0.246 e. The number of hydrogen-bond donors (Lipinski definition) is 2. The first-order chi connectivity index (χ1) is 8.06. The van der Waals surface area contributed by atoms with Crippen molar-refractivity contribution in [2.75, 3.05) is 5.32 Å². The third-order valence-electron chi connectivity index (χ3n) is 2.96. The molecule has 1 aromatic carbocycles. The molecule has 1 heterocycles. The molecule has 0 aliphatic carbocycles. The number of nitrogens with one attached hydrogen (secondary N) is 2. The van der Waals surface area contributed by atoms with Gasteiger partial charge < -0.3 is 10.6 Å². The van der Waals surface area contributed by atoms with Crippen LogP contribution in [0.5, 0.6) is 0 Å². The molecule has 2 N–H and O–H groups in total. The van der Waals surface area contributed by atoms with Crippen molar-refractivity contribution >= 4 is 17.5 Å². The molecular weight excluding hydrogens is 216 g/mol. The Morgan fingerprint density at radius 2 is 2.18 bits per heavy atom. The fourth-order valence-corrected chi connectivity index (χ4v) is 1.90. The van der Waals surface area contributed by atoms with Gasteiger partial charge in [-0.25, -0.2) is 0 Å². The normalized spacial score (nSPS) is 18.9. The van der Waals surface area contributed by atoms with Crippen molar-refractivity contribution in [2.24, 2.45) is 0 Å². The van der Waals surface area contributed by atoms with Crippen molar-refractivity contribution in [1.29, 1.82) is 0 Å². The van der Waals surface area contributed by atoms with Crippen molar-refractivity contribution in [3.63, 3.8) is 0 Å². The molecule has 90 valence electrons. The molecule has 2 rings (SSSR count). The highest BCUT2D eigenvalue weighted by molar-refractivity contribution is 5.99. The first-order valence-electron chi connectivity index (χ1n) is 5.74. The summed E-state index contributed by atoms with van der Waals surface area (Å²) in [6.07, 6.45) is 1.01. The van der Waals surface area contributed by atoms with E-state index in [4.69, 9.17) is 0 Å². The molecule has 1 aromatic rings. The zero-order chi connectivity index (χ0) is 12.4. The van der Waals surface area contributed by atoms with Gasteiger partial charge in [0, 0.05) is 12.1 Å². The fourth-order valence-electron chi connectivity index (χ4n) is 1.90. The zero-order valence-electron chi connectivity index (χ0n) is 10.0. The van der Waals surface area contributed by atoms with E-state index in [1.807, 2.05) is 32.0 Å². The average molecular weight is 232 g/mol. The van der Waals surface area contributed by atoms with E-state index in [1.165, 1.54) is 0 Å². The number of anilines is 1. The highest BCUT2D eigenvalue weighted by Gasteiger charge is 2.27. The van der Waals surface area contributed by atoms with Crippen molar-refractivity contribution in [1.82, 2.24) is 5.32 Å². The highest BCUT2D eigenvalue weighted by atomic mass is 16.2. The molecule has 0 radical (unpaired) electrons. The maximum Gasteiger partial charge on any atom is 0.246 e. The van der Waals surface area contributed by atoms with E-state index in [0.717, 1.165) is 16.8 Å². The third kappa shape index (κ3) is 2.64. The maximum absolute atomic E-state index is 11.9. The van der Waals surface area contributed by atoms with Gasteiger partial charge in [0.2, 0.25) is 11.8 Å². The first-order valence-corrected chi connectivity index (χ1v) is 5.74. The molecule has 2 amide bonds. The molecule has 0 bridgehead atoms. The van der Waals surface area contributed by atoms with E-state index in [2.05, 4.69) is 10.6 Å². The van der Waals surface area contributed by atoms with E-state index in [9.17, 15) is 9.59 Å². The number of aryl methyl sites for hydroxylation is 2. The van der Waals surface area contributed by atoms with Gasteiger partial charge in [0.25, 0.3) is 0 Å². The van der Waals surface area contributed by atoms with Gasteiger partial charge in [-0.05, 0) is 37.5 Å². The summed E-state index contributed by atoms with van der Waals surface area (Å²) in [5, 5.41) is 5.52. The summed E-state index contributed by atoms with van der Waals surface area (Å²) in [5.74, 6) is -0.185. The van der Waals surface area contributed by atoms with Crippen LogP contribution in [-0.2, 0) is 9.59 Å². The van der Waals surface area contributed by atoms with Crippen LogP contribution in [0.15, 0.2) is 18.2 Å². The quantitative estimate of drug-likeness (QED) is 0.812. The Morgan fingerprint density at radius 1 is 1.41 bits per heavy atom. The molecule has 0 spiro atoms. The second-order valence-corrected chi connectivity index (χ2v) is 4.47. The first kappa shape index (κ1) is 11.6. The van der Waals surface area contributed by atoms with Crippen molar-refractivity contribution in [3.05, 3.63) is 29.3 Å². The van der Waals surface area contributed by atoms with Crippen LogP contribution in [-0.4, -0.2) is 17.9 Å². The number of carbonyl (C=O) groups is 2. The van der Waals surface area contributed by atoms with Crippen LogP contribution in [0, 0.1) is 13.8 Å². The van der Waals surface area contributed by atoms with Gasteiger partial charge in [0.15, 0.2) is 0 Å². The SMILES string of the molecule is Cc1ccc(C)c(NC(=O)[C@H]2CCC(=O)N2)c1. The van der Waals surface area contributed by atoms with E-state index >= 15 is 0 Å². The summed E-state index contributed by atoms with van der Waals surface area (Å²) in [6, 6.07) is 5.52. The molecule has 17 heavy (non-hydrogen) atoms. The van der Waals surface area contributed by atoms with Crippen LogP contribution in [0.3, 0.4) is 0 Å². The Morgan fingerprint density at radius 3 is 2.82 bits per heavy atom. The number of benzene rings is 1. The summed E-state index contributed by atoms with van der Waals surface area (Å²) in [4.78, 5) is 22.9. The molecule has 4 heteroatoms. The minimum Gasteiger partial charge on any atom is -0.344 e. The second kappa shape index (κ2) is 4.57. The van der Waals surface area contributed by atoms with E-state index in [-0.39, 0.29) is 17.9 Å². The molecule has 1 atom stereocenters. The molecule has 1 saturated heterocycles. The lowest BCUT2D eigenvalue weighted by atomic mass is 10.1. The Hall–Kier alpha value is -1.84. The molecule has 1 aliphatic rings. The molecule has 4 nitrogen and oxygen atoms in total. The van der Waals surface area contributed by atoms with E-state index in [1.54, 1.807) is 0 Å². The molecule has 0 aromatic heterocycles. The van der Waals surface area contributed by atoms with Crippen LogP contribution in [0.1, 0.15) is 24.0 Å². The lowest BCUT2D eigenvalue weighted by Gasteiger charge is -2.13. The Labute approximate surface area is 100 Å². The molecule has 1 fully saturated rings. The highest BCUT2D eigenvalue weighted by Crippen LogP contribution is 2.17. The molecule has 1 aliphatic heterocycles. The van der Waals surface area contributed by atoms with Gasteiger partial charge in [0.1, 0.15) is 6.04 Å². The van der Waals surface area contributed by atoms with Gasteiger partial charge in [-0.1, -0.05) is 12.1 Å². The van der Waals surface area contributed by atoms with Crippen LogP contribution >= 0.6 is 0 Å². The van der Waals surface area contributed by atoms with Gasteiger partial charge in [0.05, 0.1) is 0 Å². The van der Waals surface area contributed by atoms with Crippen molar-refractivity contribution in [2.45, 2.75) is 32.7 Å². The molecular formula is C13H16N2O2. The minimum absolute atomic E-state index is 0.0499. The average Bonchev–Trinajstić information content (AvgIpc) is 2.70. The standard InChI is InChI=1S/C13H16N2O2/c1-8-3-4-9(2)11(7-8)15-13(17)10-5-6-12(16)14-10/h3-4,7,10H,5-6H2,1-2H3,(H,14,16)(H,15,17)/t10-/m1/s1. The Kier molecular flexibility index (Phi) is 3.13. The van der Waals surface area contributed by atoms with Crippen molar-refractivity contribution < 1.29 is 9.59 Å². The lowest BCUT2D eigenvalue weighted by molar-refractivity contribution is -0.122. The monoisotopic (exact) mass is 232 g/mol. The van der Waals surface area contributed by atoms with Crippen LogP contribution in [0.25, 0.3) is 0 Å². The lowest BCUT2D eigenvalue weighted by Crippen LogP contribution is -2.37. The summed E-state index contributed by atoms with van der Waals surface area (Å²) < 4.78 is 0. The summed E-state index contributed by atoms with van der Waals surface area (Å²) in [6.45, 7) is 3.93. The number of rotatable bonds is 2. The fraction of sp³-hybridized carbons (Fsp3) is 0.385.